The molecule has 0 unspecified atom stereocenters. The number of carbonyl (C=O) groups is 1. The fraction of sp³-hybridized carbons (Fsp3) is 0.292. The van der Waals surface area contributed by atoms with Crippen LogP contribution >= 0.6 is 0 Å². The van der Waals surface area contributed by atoms with E-state index >= 15 is 0 Å². The zero-order valence-corrected chi connectivity index (χ0v) is 18.1. The first kappa shape index (κ1) is 22.8. The number of unbranched alkanes of at least 4 members (excludes halogenated alkanes) is 1. The highest BCUT2D eigenvalue weighted by Crippen LogP contribution is 2.38. The first-order chi connectivity index (χ1) is 15.5. The number of ether oxygens (including phenoxy) is 2. The van der Waals surface area contributed by atoms with Gasteiger partial charge in [-0.05, 0) is 36.1 Å². The van der Waals surface area contributed by atoms with Crippen molar-refractivity contribution in [3.05, 3.63) is 53.2 Å². The average Bonchev–Trinajstić information content (AvgIpc) is 2.81. The molecule has 1 heterocycles. The molecule has 0 bridgehead atoms. The number of nitrogens with one attached hydrogen (secondary N) is 1. The molecule has 0 spiro atoms. The SMILES string of the molecule is CCc1c(CO)cccc1Nc1c(C(N)=O)cnc2cc(OCCCC#N)c(OC)cc12. The summed E-state index contributed by atoms with van der Waals surface area (Å²) in [7, 11) is 1.53. The third-order valence-corrected chi connectivity index (χ3v) is 5.17. The van der Waals surface area contributed by atoms with Crippen molar-refractivity contribution in [2.45, 2.75) is 32.8 Å². The Bertz CT molecular complexity index is 1170. The molecule has 2 aromatic carbocycles. The van der Waals surface area contributed by atoms with Crippen molar-refractivity contribution >= 4 is 28.2 Å². The Morgan fingerprint density at radius 1 is 1.31 bits per heavy atom. The van der Waals surface area contributed by atoms with E-state index < -0.39 is 5.91 Å². The first-order valence-corrected chi connectivity index (χ1v) is 10.3. The van der Waals surface area contributed by atoms with E-state index in [-0.39, 0.29) is 12.2 Å². The standard InChI is InChI=1S/C24H26N4O4/c1-3-16-15(14-29)7-6-8-19(16)28-23-17-11-21(31-2)22(32-10-5-4-9-25)12-20(17)27-13-18(23)24(26)30/h6-8,11-13,29H,3-5,10,14H2,1-2H3,(H2,26,30)(H,27,28). The zero-order valence-electron chi connectivity index (χ0n) is 18.1. The number of methoxy groups -OCH3 is 1. The molecule has 0 saturated carbocycles. The highest BCUT2D eigenvalue weighted by molar-refractivity contribution is 6.08. The summed E-state index contributed by atoms with van der Waals surface area (Å²) in [6.07, 6.45) is 3.12. The van der Waals surface area contributed by atoms with Crippen molar-refractivity contribution in [3.63, 3.8) is 0 Å². The Hall–Kier alpha value is -3.83. The minimum atomic E-state index is -0.617. The number of fused-ring (bicyclic) bond motifs is 1. The summed E-state index contributed by atoms with van der Waals surface area (Å²) < 4.78 is 11.3. The molecule has 0 radical (unpaired) electrons. The van der Waals surface area contributed by atoms with Crippen LogP contribution in [-0.2, 0) is 13.0 Å². The van der Waals surface area contributed by atoms with Crippen molar-refractivity contribution in [2.75, 3.05) is 19.0 Å². The van der Waals surface area contributed by atoms with Crippen LogP contribution in [0, 0.1) is 11.3 Å². The molecule has 8 nitrogen and oxygen atoms in total. The number of primary amides is 1. The normalized spacial score (nSPS) is 10.6. The van der Waals surface area contributed by atoms with Crippen molar-refractivity contribution in [1.29, 1.82) is 5.26 Å². The maximum Gasteiger partial charge on any atom is 0.252 e. The van der Waals surface area contributed by atoms with Gasteiger partial charge < -0.3 is 25.6 Å². The molecular weight excluding hydrogens is 408 g/mol. The van der Waals surface area contributed by atoms with E-state index in [2.05, 4.69) is 16.4 Å². The molecule has 0 saturated heterocycles. The molecule has 0 aliphatic rings. The molecule has 0 atom stereocenters. The number of pyridine rings is 1. The van der Waals surface area contributed by atoms with Gasteiger partial charge in [0.15, 0.2) is 11.5 Å². The minimum Gasteiger partial charge on any atom is -0.493 e. The lowest BCUT2D eigenvalue weighted by Crippen LogP contribution is -2.14. The molecular formula is C24H26N4O4. The lowest BCUT2D eigenvalue weighted by atomic mass is 10.0. The van der Waals surface area contributed by atoms with Crippen molar-refractivity contribution in [2.24, 2.45) is 5.73 Å². The number of anilines is 2. The smallest absolute Gasteiger partial charge is 0.252 e. The van der Waals surface area contributed by atoms with Gasteiger partial charge in [-0.2, -0.15) is 5.26 Å². The van der Waals surface area contributed by atoms with Crippen molar-refractivity contribution in [3.8, 4) is 17.6 Å². The number of aliphatic hydroxyl groups is 1. The number of nitriles is 1. The Labute approximate surface area is 186 Å². The lowest BCUT2D eigenvalue weighted by Gasteiger charge is -2.19. The predicted octanol–water partition coefficient (Wildman–Crippen LogP) is 3.82. The Morgan fingerprint density at radius 2 is 2.12 bits per heavy atom. The molecule has 0 aliphatic heterocycles. The van der Waals surface area contributed by atoms with E-state index in [1.807, 2.05) is 25.1 Å². The van der Waals surface area contributed by atoms with E-state index in [0.717, 1.165) is 16.8 Å². The van der Waals surface area contributed by atoms with Crippen LogP contribution in [0.25, 0.3) is 10.9 Å². The summed E-state index contributed by atoms with van der Waals surface area (Å²) >= 11 is 0. The summed E-state index contributed by atoms with van der Waals surface area (Å²) in [5.41, 5.74) is 9.48. The van der Waals surface area contributed by atoms with Crippen molar-refractivity contribution < 1.29 is 19.4 Å². The van der Waals surface area contributed by atoms with Crippen LogP contribution in [0.3, 0.4) is 0 Å². The quantitative estimate of drug-likeness (QED) is 0.413. The van der Waals surface area contributed by atoms with Gasteiger partial charge in [0, 0.05) is 29.8 Å². The van der Waals surface area contributed by atoms with Crippen molar-refractivity contribution in [1.82, 2.24) is 4.98 Å². The highest BCUT2D eigenvalue weighted by Gasteiger charge is 2.18. The third kappa shape index (κ3) is 4.74. The molecule has 1 amide bonds. The third-order valence-electron chi connectivity index (χ3n) is 5.17. The summed E-state index contributed by atoms with van der Waals surface area (Å²) in [5, 5.41) is 22.4. The van der Waals surface area contributed by atoms with Gasteiger partial charge in [-0.15, -0.1) is 0 Å². The van der Waals surface area contributed by atoms with Crippen LogP contribution in [0.15, 0.2) is 36.5 Å². The number of nitrogens with zero attached hydrogens (tertiary/aromatic N) is 2. The molecule has 8 heteroatoms. The maximum absolute atomic E-state index is 12.2. The van der Waals surface area contributed by atoms with Gasteiger partial charge in [0.05, 0.1) is 43.2 Å². The molecule has 0 aliphatic carbocycles. The number of hydrogen-bond donors (Lipinski definition) is 3. The highest BCUT2D eigenvalue weighted by atomic mass is 16.5. The van der Waals surface area contributed by atoms with E-state index in [4.69, 9.17) is 20.5 Å². The largest absolute Gasteiger partial charge is 0.493 e. The summed E-state index contributed by atoms with van der Waals surface area (Å²) in [6, 6.07) is 11.2. The van der Waals surface area contributed by atoms with Gasteiger partial charge >= 0.3 is 0 Å². The summed E-state index contributed by atoms with van der Waals surface area (Å²) in [6.45, 7) is 2.28. The molecule has 3 rings (SSSR count). The number of hydrogen-bond acceptors (Lipinski definition) is 7. The molecule has 0 fully saturated rings. The van der Waals surface area contributed by atoms with E-state index in [0.29, 0.717) is 54.0 Å². The number of aliphatic hydroxyl groups excluding tert-OH is 1. The van der Waals surface area contributed by atoms with Crippen LogP contribution in [0.2, 0.25) is 0 Å². The lowest BCUT2D eigenvalue weighted by molar-refractivity contribution is 0.100. The molecule has 4 N–H and O–H groups in total. The number of nitrogens with two attached hydrogens (primary N) is 1. The van der Waals surface area contributed by atoms with E-state index in [1.165, 1.54) is 13.3 Å². The van der Waals surface area contributed by atoms with E-state index in [1.54, 1.807) is 12.1 Å². The fourth-order valence-electron chi connectivity index (χ4n) is 3.58. The van der Waals surface area contributed by atoms with Gasteiger partial charge in [-0.3, -0.25) is 9.78 Å². The topological polar surface area (TPSA) is 130 Å². The second kappa shape index (κ2) is 10.5. The Kier molecular flexibility index (Phi) is 7.47. The molecule has 3 aromatic rings. The van der Waals surface area contributed by atoms with Crippen LogP contribution in [0.4, 0.5) is 11.4 Å². The van der Waals surface area contributed by atoms with Crippen LogP contribution in [-0.4, -0.2) is 29.7 Å². The number of aromatic nitrogens is 1. The predicted molar refractivity (Wildman–Crippen MR) is 122 cm³/mol. The maximum atomic E-state index is 12.2. The molecule has 32 heavy (non-hydrogen) atoms. The second-order valence-electron chi connectivity index (χ2n) is 7.12. The minimum absolute atomic E-state index is 0.0845. The van der Waals surface area contributed by atoms with Gasteiger partial charge in [0.2, 0.25) is 0 Å². The summed E-state index contributed by atoms with van der Waals surface area (Å²) in [4.78, 5) is 16.6. The first-order valence-electron chi connectivity index (χ1n) is 10.3. The van der Waals surface area contributed by atoms with Crippen LogP contribution in [0.5, 0.6) is 11.5 Å². The van der Waals surface area contributed by atoms with Crippen LogP contribution < -0.4 is 20.5 Å². The number of amides is 1. The van der Waals surface area contributed by atoms with E-state index in [9.17, 15) is 9.90 Å². The second-order valence-corrected chi connectivity index (χ2v) is 7.12. The average molecular weight is 434 g/mol. The Balaban J connectivity index is 2.13. The van der Waals surface area contributed by atoms with Gasteiger partial charge in [0.25, 0.3) is 5.91 Å². The number of carbonyl (C=O) groups excluding carboxylic acids is 1. The summed E-state index contributed by atoms with van der Waals surface area (Å²) in [5.74, 6) is 0.356. The van der Waals surface area contributed by atoms with Crippen LogP contribution in [0.1, 0.15) is 41.3 Å². The monoisotopic (exact) mass is 434 g/mol. The zero-order chi connectivity index (χ0) is 23.1. The number of rotatable bonds is 10. The molecule has 1 aromatic heterocycles. The van der Waals surface area contributed by atoms with Gasteiger partial charge in [-0.25, -0.2) is 0 Å². The molecule has 166 valence electrons. The fourth-order valence-corrected chi connectivity index (χ4v) is 3.58. The Morgan fingerprint density at radius 3 is 2.78 bits per heavy atom. The number of benzene rings is 2. The van der Waals surface area contributed by atoms with Gasteiger partial charge in [0.1, 0.15) is 0 Å². The van der Waals surface area contributed by atoms with Gasteiger partial charge in [-0.1, -0.05) is 19.1 Å².